The molecule has 0 bridgehead atoms. The number of nitrogens with one attached hydrogen (secondary N) is 1. The maximum atomic E-state index is 12.3. The number of sulfonamides is 1. The Morgan fingerprint density at radius 2 is 1.67 bits per heavy atom. The van der Waals surface area contributed by atoms with Crippen LogP contribution in [0.4, 0.5) is 5.69 Å². The second kappa shape index (κ2) is 8.60. The van der Waals surface area contributed by atoms with Crippen LogP contribution in [-0.2, 0) is 14.8 Å². The number of anilines is 1. The molecule has 0 aromatic heterocycles. The number of carbonyl (C=O) groups excluding carboxylic acids is 1. The van der Waals surface area contributed by atoms with Crippen molar-refractivity contribution in [3.05, 3.63) is 24.3 Å². The first-order valence-electron chi connectivity index (χ1n) is 8.65. The Labute approximate surface area is 144 Å². The maximum absolute atomic E-state index is 12.3. The average Bonchev–Trinajstić information content (AvgIpc) is 2.49. The standard InChI is InChI=1S/C17H27N3O3S/c1-13(19-14-7-5-3-2-4-6-8-14)17(21)20-15-9-11-16(12-10-15)24(18,22)23/h9-14,19H,2-8H2,1H3,(H,20,21)(H2,18,22,23)/p+1/t13-/m0/s1. The van der Waals surface area contributed by atoms with E-state index < -0.39 is 10.0 Å². The number of hydrogen-bond donors (Lipinski definition) is 3. The third-order valence-electron chi connectivity index (χ3n) is 4.57. The van der Waals surface area contributed by atoms with Gasteiger partial charge in [0.2, 0.25) is 10.0 Å². The maximum Gasteiger partial charge on any atom is 0.282 e. The lowest BCUT2D eigenvalue weighted by atomic mass is 9.96. The van der Waals surface area contributed by atoms with Crippen LogP contribution in [0.3, 0.4) is 0 Å². The van der Waals surface area contributed by atoms with E-state index in [0.717, 1.165) is 0 Å². The molecule has 1 fully saturated rings. The van der Waals surface area contributed by atoms with E-state index in [9.17, 15) is 13.2 Å². The van der Waals surface area contributed by atoms with Gasteiger partial charge in [-0.1, -0.05) is 19.3 Å². The predicted octanol–water partition coefficient (Wildman–Crippen LogP) is 1.34. The van der Waals surface area contributed by atoms with Gasteiger partial charge in [0, 0.05) is 5.69 Å². The molecule has 7 heteroatoms. The van der Waals surface area contributed by atoms with Gasteiger partial charge in [-0.25, -0.2) is 13.6 Å². The first-order chi connectivity index (χ1) is 11.4. The third-order valence-corrected chi connectivity index (χ3v) is 5.50. The van der Waals surface area contributed by atoms with Crippen LogP contribution in [0.15, 0.2) is 29.2 Å². The highest BCUT2D eigenvalue weighted by atomic mass is 32.2. The van der Waals surface area contributed by atoms with Gasteiger partial charge in [0.25, 0.3) is 5.91 Å². The van der Waals surface area contributed by atoms with Gasteiger partial charge >= 0.3 is 0 Å². The minimum atomic E-state index is -3.71. The van der Waals surface area contributed by atoms with Crippen LogP contribution in [0, 0.1) is 0 Å². The van der Waals surface area contributed by atoms with Gasteiger partial charge in [0.1, 0.15) is 0 Å². The van der Waals surface area contributed by atoms with Crippen LogP contribution in [0.25, 0.3) is 0 Å². The molecule has 2 rings (SSSR count). The summed E-state index contributed by atoms with van der Waals surface area (Å²) in [6, 6.07) is 6.24. The van der Waals surface area contributed by atoms with Crippen molar-refractivity contribution in [3.8, 4) is 0 Å². The largest absolute Gasteiger partial charge is 0.334 e. The van der Waals surface area contributed by atoms with Crippen LogP contribution in [0.1, 0.15) is 51.9 Å². The fourth-order valence-corrected chi connectivity index (χ4v) is 3.68. The molecule has 0 saturated heterocycles. The molecule has 1 amide bonds. The fourth-order valence-electron chi connectivity index (χ4n) is 3.16. The van der Waals surface area contributed by atoms with Crippen molar-refractivity contribution in [2.45, 2.75) is 68.8 Å². The van der Waals surface area contributed by atoms with E-state index >= 15 is 0 Å². The van der Waals surface area contributed by atoms with Gasteiger partial charge in [0.15, 0.2) is 6.04 Å². The zero-order valence-corrected chi connectivity index (χ0v) is 15.0. The molecule has 5 N–H and O–H groups in total. The Morgan fingerprint density at radius 1 is 1.12 bits per heavy atom. The van der Waals surface area contributed by atoms with Crippen LogP contribution in [0.5, 0.6) is 0 Å². The molecule has 0 aliphatic heterocycles. The highest BCUT2D eigenvalue weighted by Crippen LogP contribution is 2.15. The summed E-state index contributed by atoms with van der Waals surface area (Å²) >= 11 is 0. The molecule has 6 nitrogen and oxygen atoms in total. The second-order valence-corrected chi connectivity index (χ2v) is 8.21. The molecular weight excluding hydrogens is 326 g/mol. The van der Waals surface area contributed by atoms with Gasteiger partial charge in [-0.2, -0.15) is 0 Å². The summed E-state index contributed by atoms with van der Waals surface area (Å²) in [6.07, 6.45) is 8.73. The van der Waals surface area contributed by atoms with E-state index in [1.807, 2.05) is 6.92 Å². The van der Waals surface area contributed by atoms with Crippen molar-refractivity contribution in [1.29, 1.82) is 0 Å². The van der Waals surface area contributed by atoms with Crippen LogP contribution in [0.2, 0.25) is 0 Å². The Bertz CT molecular complexity index is 636. The van der Waals surface area contributed by atoms with Crippen molar-refractivity contribution in [1.82, 2.24) is 0 Å². The summed E-state index contributed by atoms with van der Waals surface area (Å²) in [7, 11) is -3.71. The molecule has 1 atom stereocenters. The van der Waals surface area contributed by atoms with Gasteiger partial charge in [-0.3, -0.25) is 4.79 Å². The molecule has 0 spiro atoms. The van der Waals surface area contributed by atoms with E-state index in [-0.39, 0.29) is 16.8 Å². The molecule has 0 radical (unpaired) electrons. The second-order valence-electron chi connectivity index (χ2n) is 6.64. The summed E-state index contributed by atoms with van der Waals surface area (Å²) < 4.78 is 22.5. The number of rotatable bonds is 5. The topological polar surface area (TPSA) is 106 Å². The zero-order chi connectivity index (χ0) is 17.6. The van der Waals surface area contributed by atoms with Crippen LogP contribution >= 0.6 is 0 Å². The number of carbonyl (C=O) groups is 1. The predicted molar refractivity (Wildman–Crippen MR) is 93.9 cm³/mol. The highest BCUT2D eigenvalue weighted by molar-refractivity contribution is 7.89. The van der Waals surface area contributed by atoms with Crippen molar-refractivity contribution >= 4 is 21.6 Å². The van der Waals surface area contributed by atoms with Crippen molar-refractivity contribution in [2.24, 2.45) is 5.14 Å². The van der Waals surface area contributed by atoms with Gasteiger partial charge in [0.05, 0.1) is 10.9 Å². The van der Waals surface area contributed by atoms with Crippen molar-refractivity contribution in [2.75, 3.05) is 5.32 Å². The van der Waals surface area contributed by atoms with Crippen molar-refractivity contribution < 1.29 is 18.5 Å². The number of amides is 1. The Kier molecular flexibility index (Phi) is 6.77. The van der Waals surface area contributed by atoms with E-state index in [2.05, 4.69) is 10.6 Å². The minimum Gasteiger partial charge on any atom is -0.334 e. The fraction of sp³-hybridized carbons (Fsp3) is 0.588. The Balaban J connectivity index is 1.88. The number of hydrogen-bond acceptors (Lipinski definition) is 3. The quantitative estimate of drug-likeness (QED) is 0.743. The van der Waals surface area contributed by atoms with E-state index in [1.54, 1.807) is 12.1 Å². The summed E-state index contributed by atoms with van der Waals surface area (Å²) in [6.45, 7) is 1.91. The van der Waals surface area contributed by atoms with Gasteiger partial charge in [-0.05, 0) is 56.9 Å². The Hall–Kier alpha value is -1.44. The summed E-state index contributed by atoms with van der Waals surface area (Å²) in [5, 5.41) is 10.1. The first-order valence-corrected chi connectivity index (χ1v) is 10.2. The summed E-state index contributed by atoms with van der Waals surface area (Å²) in [5.41, 5.74) is 0.574. The Morgan fingerprint density at radius 3 is 2.21 bits per heavy atom. The SMILES string of the molecule is C[C@H]([NH2+]C1CCCCCCC1)C(=O)Nc1ccc(S(N)(=O)=O)cc1. The monoisotopic (exact) mass is 354 g/mol. The molecule has 0 heterocycles. The molecule has 1 aromatic carbocycles. The van der Waals surface area contributed by atoms with Gasteiger partial charge in [-0.15, -0.1) is 0 Å². The van der Waals surface area contributed by atoms with Crippen LogP contribution in [-0.4, -0.2) is 26.4 Å². The van der Waals surface area contributed by atoms with E-state index in [1.165, 1.54) is 57.1 Å². The van der Waals surface area contributed by atoms with Gasteiger partial charge < -0.3 is 10.6 Å². The minimum absolute atomic E-state index is 0.0367. The first kappa shape index (κ1) is 18.9. The zero-order valence-electron chi connectivity index (χ0n) is 14.2. The average molecular weight is 354 g/mol. The smallest absolute Gasteiger partial charge is 0.282 e. The number of primary sulfonamides is 1. The van der Waals surface area contributed by atoms with Crippen LogP contribution < -0.4 is 15.8 Å². The summed E-state index contributed by atoms with van der Waals surface area (Å²) in [4.78, 5) is 12.4. The number of benzene rings is 1. The lowest BCUT2D eigenvalue weighted by molar-refractivity contribution is -0.707. The lowest BCUT2D eigenvalue weighted by Crippen LogP contribution is -2.96. The molecule has 1 aromatic rings. The normalized spacial score (nSPS) is 18.4. The molecule has 1 aliphatic carbocycles. The lowest BCUT2D eigenvalue weighted by Gasteiger charge is -2.21. The molecule has 1 aliphatic rings. The van der Waals surface area contributed by atoms with E-state index in [0.29, 0.717) is 11.7 Å². The third kappa shape index (κ3) is 5.89. The number of nitrogens with two attached hydrogens (primary N) is 2. The molecular formula is C17H28N3O3S+. The molecule has 24 heavy (non-hydrogen) atoms. The number of quaternary nitrogens is 1. The molecule has 134 valence electrons. The molecule has 0 unspecified atom stereocenters. The van der Waals surface area contributed by atoms with E-state index in [4.69, 9.17) is 5.14 Å². The summed E-state index contributed by atoms with van der Waals surface area (Å²) in [5.74, 6) is -0.0691. The highest BCUT2D eigenvalue weighted by Gasteiger charge is 2.22. The molecule has 1 saturated carbocycles. The van der Waals surface area contributed by atoms with Crippen molar-refractivity contribution in [3.63, 3.8) is 0 Å².